The van der Waals surface area contributed by atoms with Crippen LogP contribution in [-0.4, -0.2) is 38.4 Å². The number of hydrogen-bond donors (Lipinski definition) is 2. The maximum Gasteiger partial charge on any atom is 0.332 e. The molecule has 150 valence electrons. The Bertz CT molecular complexity index is 1180. The number of nitriles is 1. The largest absolute Gasteiger partial charge is 0.479 e. The van der Waals surface area contributed by atoms with Crippen molar-refractivity contribution in [3.8, 4) is 6.07 Å². The van der Waals surface area contributed by atoms with Crippen LogP contribution in [0.4, 0.5) is 11.4 Å². The first-order valence-electron chi connectivity index (χ1n) is 8.64. The number of aryl methyl sites for hydroxylation is 2. The number of pyridine rings is 1. The average Bonchev–Trinajstić information content (AvgIpc) is 2.92. The van der Waals surface area contributed by atoms with Crippen LogP contribution in [-0.2, 0) is 23.1 Å². The van der Waals surface area contributed by atoms with Gasteiger partial charge in [-0.15, -0.1) is 0 Å². The molecule has 9 nitrogen and oxygen atoms in total. The zero-order valence-electron chi connectivity index (χ0n) is 15.7. The highest BCUT2D eigenvalue weighted by atomic mass is 35.5. The van der Waals surface area contributed by atoms with Crippen LogP contribution in [0.2, 0.25) is 5.15 Å². The van der Waals surface area contributed by atoms with Crippen LogP contribution < -0.4 is 11.0 Å². The SMILES string of the molecule is COC(CCn1c(=O)n(C)c2ccc(Nc3ccnc(Cl)c3C#N)cc21)C(=O)O. The van der Waals surface area contributed by atoms with E-state index in [4.69, 9.17) is 21.4 Å². The van der Waals surface area contributed by atoms with Crippen LogP contribution >= 0.6 is 11.6 Å². The lowest BCUT2D eigenvalue weighted by Crippen LogP contribution is -2.28. The molecule has 3 rings (SSSR count). The van der Waals surface area contributed by atoms with Gasteiger partial charge in [-0.05, 0) is 24.3 Å². The van der Waals surface area contributed by atoms with Crippen LogP contribution in [0.3, 0.4) is 0 Å². The highest BCUT2D eigenvalue weighted by Gasteiger charge is 2.19. The van der Waals surface area contributed by atoms with Crippen LogP contribution in [0.5, 0.6) is 0 Å². The van der Waals surface area contributed by atoms with E-state index in [9.17, 15) is 14.9 Å². The zero-order chi connectivity index (χ0) is 21.1. The van der Waals surface area contributed by atoms with E-state index in [1.165, 1.54) is 22.4 Å². The first-order chi connectivity index (χ1) is 13.9. The molecule has 0 aliphatic rings. The monoisotopic (exact) mass is 415 g/mol. The van der Waals surface area contributed by atoms with Crippen molar-refractivity contribution in [3.63, 3.8) is 0 Å². The molecule has 0 spiro atoms. The number of hydrogen-bond acceptors (Lipinski definition) is 6. The van der Waals surface area contributed by atoms with Gasteiger partial charge >= 0.3 is 11.7 Å². The fourth-order valence-electron chi connectivity index (χ4n) is 3.10. The van der Waals surface area contributed by atoms with Gasteiger partial charge in [-0.1, -0.05) is 11.6 Å². The number of nitrogens with zero attached hydrogens (tertiary/aromatic N) is 4. The summed E-state index contributed by atoms with van der Waals surface area (Å²) in [7, 11) is 2.97. The number of aliphatic carboxylic acids is 1. The van der Waals surface area contributed by atoms with E-state index < -0.39 is 12.1 Å². The number of halogens is 1. The Morgan fingerprint density at radius 2 is 2.17 bits per heavy atom. The summed E-state index contributed by atoms with van der Waals surface area (Å²) in [6, 6.07) is 8.94. The van der Waals surface area contributed by atoms with Gasteiger partial charge in [0, 0.05) is 39.0 Å². The van der Waals surface area contributed by atoms with E-state index in [1.54, 1.807) is 31.3 Å². The smallest absolute Gasteiger partial charge is 0.332 e. The maximum absolute atomic E-state index is 12.6. The number of fused-ring (bicyclic) bond motifs is 1. The second kappa shape index (κ2) is 8.34. The van der Waals surface area contributed by atoms with Gasteiger partial charge in [0.05, 0.1) is 16.7 Å². The van der Waals surface area contributed by atoms with Crippen LogP contribution in [0, 0.1) is 11.3 Å². The Morgan fingerprint density at radius 1 is 1.41 bits per heavy atom. The molecule has 0 aliphatic carbocycles. The molecule has 0 fully saturated rings. The van der Waals surface area contributed by atoms with E-state index in [-0.39, 0.29) is 29.4 Å². The van der Waals surface area contributed by atoms with Crippen molar-refractivity contribution in [1.82, 2.24) is 14.1 Å². The summed E-state index contributed by atoms with van der Waals surface area (Å²) in [5.41, 5.74) is 2.39. The number of carbonyl (C=O) groups is 1. The average molecular weight is 416 g/mol. The van der Waals surface area contributed by atoms with Crippen molar-refractivity contribution < 1.29 is 14.6 Å². The Kier molecular flexibility index (Phi) is 5.87. The summed E-state index contributed by atoms with van der Waals surface area (Å²) in [5.74, 6) is -1.08. The molecule has 2 aromatic heterocycles. The first-order valence-corrected chi connectivity index (χ1v) is 9.01. The summed E-state index contributed by atoms with van der Waals surface area (Å²) < 4.78 is 7.94. The van der Waals surface area contributed by atoms with E-state index >= 15 is 0 Å². The minimum absolute atomic E-state index is 0.0921. The van der Waals surface area contributed by atoms with Crippen molar-refractivity contribution in [2.45, 2.75) is 19.1 Å². The standard InChI is InChI=1S/C19H18ClN5O4/c1-24-14-4-3-11(23-13-5-7-22-17(20)12(13)10-21)9-15(14)25(19(24)28)8-6-16(29-2)18(26)27/h3-5,7,9,16H,6,8H2,1-2H3,(H,22,23)(H,26,27). The minimum Gasteiger partial charge on any atom is -0.479 e. The number of imidazole rings is 1. The number of methoxy groups -OCH3 is 1. The second-order valence-corrected chi connectivity index (χ2v) is 6.67. The van der Waals surface area contributed by atoms with Crippen molar-refractivity contribution in [3.05, 3.63) is 51.7 Å². The lowest BCUT2D eigenvalue weighted by atomic mass is 10.2. The molecule has 0 radical (unpaired) electrons. The molecule has 1 aromatic carbocycles. The van der Waals surface area contributed by atoms with Crippen molar-refractivity contribution in [2.24, 2.45) is 7.05 Å². The maximum atomic E-state index is 12.6. The number of carboxylic acids is 1. The molecule has 0 aliphatic heterocycles. The third kappa shape index (κ3) is 3.94. The highest BCUT2D eigenvalue weighted by molar-refractivity contribution is 6.31. The summed E-state index contributed by atoms with van der Waals surface area (Å²) in [5, 5.41) is 21.7. The predicted molar refractivity (Wildman–Crippen MR) is 107 cm³/mol. The van der Waals surface area contributed by atoms with Crippen LogP contribution in [0.15, 0.2) is 35.3 Å². The van der Waals surface area contributed by atoms with E-state index in [0.717, 1.165) is 0 Å². The zero-order valence-corrected chi connectivity index (χ0v) is 16.5. The molecule has 2 N–H and O–H groups in total. The van der Waals surface area contributed by atoms with E-state index in [0.29, 0.717) is 22.4 Å². The predicted octanol–water partition coefficient (Wildman–Crippen LogP) is 2.49. The van der Waals surface area contributed by atoms with Crippen molar-refractivity contribution >= 4 is 40.0 Å². The van der Waals surface area contributed by atoms with Gasteiger partial charge in [-0.3, -0.25) is 9.13 Å². The molecular formula is C19H18ClN5O4. The van der Waals surface area contributed by atoms with Gasteiger partial charge in [0.1, 0.15) is 16.8 Å². The fourth-order valence-corrected chi connectivity index (χ4v) is 3.30. The molecular weight excluding hydrogens is 398 g/mol. The van der Waals surface area contributed by atoms with E-state index in [1.807, 2.05) is 6.07 Å². The Balaban J connectivity index is 1.99. The lowest BCUT2D eigenvalue weighted by molar-refractivity contribution is -0.148. The van der Waals surface area contributed by atoms with Gasteiger partial charge in [0.15, 0.2) is 6.10 Å². The molecule has 2 heterocycles. The van der Waals surface area contributed by atoms with Crippen molar-refractivity contribution in [2.75, 3.05) is 12.4 Å². The molecule has 0 saturated heterocycles. The number of benzene rings is 1. The van der Waals surface area contributed by atoms with Gasteiger partial charge in [0.25, 0.3) is 0 Å². The molecule has 29 heavy (non-hydrogen) atoms. The molecule has 0 bridgehead atoms. The van der Waals surface area contributed by atoms with Gasteiger partial charge < -0.3 is 15.2 Å². The summed E-state index contributed by atoms with van der Waals surface area (Å²) in [4.78, 5) is 27.7. The summed E-state index contributed by atoms with van der Waals surface area (Å²) in [6.45, 7) is 0.176. The topological polar surface area (TPSA) is 122 Å². The summed E-state index contributed by atoms with van der Waals surface area (Å²) >= 11 is 5.97. The van der Waals surface area contributed by atoms with Crippen LogP contribution in [0.25, 0.3) is 11.0 Å². The van der Waals surface area contributed by atoms with Gasteiger partial charge in [-0.25, -0.2) is 14.6 Å². The fraction of sp³-hybridized carbons (Fsp3) is 0.263. The Labute approximate surface area is 170 Å². The number of carboxylic acid groups (broad SMARTS) is 1. The number of ether oxygens (including phenoxy) is 1. The molecule has 1 unspecified atom stereocenters. The lowest BCUT2D eigenvalue weighted by Gasteiger charge is -2.12. The molecule has 1 atom stereocenters. The number of aromatic nitrogens is 3. The first kappa shape index (κ1) is 20.4. The third-order valence-electron chi connectivity index (χ3n) is 4.62. The number of rotatable bonds is 7. The molecule has 0 saturated carbocycles. The number of nitrogens with one attached hydrogen (secondary N) is 1. The number of anilines is 2. The van der Waals surface area contributed by atoms with Gasteiger partial charge in [-0.2, -0.15) is 5.26 Å². The highest BCUT2D eigenvalue weighted by Crippen LogP contribution is 2.26. The quantitative estimate of drug-likeness (QED) is 0.568. The second-order valence-electron chi connectivity index (χ2n) is 6.31. The molecule has 10 heteroatoms. The minimum atomic E-state index is -1.08. The van der Waals surface area contributed by atoms with Crippen LogP contribution in [0.1, 0.15) is 12.0 Å². The Hall–Kier alpha value is -3.35. The van der Waals surface area contributed by atoms with Gasteiger partial charge in [0.2, 0.25) is 0 Å². The van der Waals surface area contributed by atoms with Crippen molar-refractivity contribution in [1.29, 1.82) is 5.26 Å². The Morgan fingerprint density at radius 3 is 2.83 bits per heavy atom. The third-order valence-corrected chi connectivity index (χ3v) is 4.90. The molecule has 3 aromatic rings. The molecule has 0 amide bonds. The summed E-state index contributed by atoms with van der Waals surface area (Å²) in [6.07, 6.45) is 0.621. The normalized spacial score (nSPS) is 11.9. The van der Waals surface area contributed by atoms with E-state index in [2.05, 4.69) is 10.3 Å².